The van der Waals surface area contributed by atoms with E-state index in [1.165, 1.54) is 83.1 Å². The first-order valence-electron chi connectivity index (χ1n) is 21.3. The van der Waals surface area contributed by atoms with Crippen molar-refractivity contribution in [1.82, 2.24) is 4.57 Å². The van der Waals surface area contributed by atoms with Crippen molar-refractivity contribution in [2.24, 2.45) is 0 Å². The molecule has 292 valence electrons. The molecule has 11 aromatic rings. The van der Waals surface area contributed by atoms with Crippen LogP contribution in [0.25, 0.3) is 83.1 Å². The third-order valence-corrected chi connectivity index (χ3v) is 12.0. The number of aromatic nitrogens is 1. The first-order chi connectivity index (χ1) is 30.7. The number of anilines is 3. The summed E-state index contributed by atoms with van der Waals surface area (Å²) in [6.45, 7) is 0. The van der Waals surface area contributed by atoms with E-state index in [0.29, 0.717) is 0 Å². The quantitative estimate of drug-likeness (QED) is 0.141. The van der Waals surface area contributed by atoms with E-state index >= 15 is 0 Å². The molecule has 0 saturated carbocycles. The van der Waals surface area contributed by atoms with E-state index in [9.17, 15) is 0 Å². The fourth-order valence-corrected chi connectivity index (χ4v) is 8.93. The lowest BCUT2D eigenvalue weighted by Crippen LogP contribution is -2.09. The molecule has 0 aliphatic heterocycles. The number of nitrogens with zero attached hydrogens (tertiary/aromatic N) is 2. The normalized spacial score (nSPS) is 11.2. The molecule has 0 spiro atoms. The maximum Gasteiger partial charge on any atom is 0.0541 e. The molecule has 0 aliphatic carbocycles. The van der Waals surface area contributed by atoms with E-state index in [4.69, 9.17) is 0 Å². The monoisotopic (exact) mass is 790 g/mol. The Kier molecular flexibility index (Phi) is 9.57. The van der Waals surface area contributed by atoms with Gasteiger partial charge >= 0.3 is 0 Å². The van der Waals surface area contributed by atoms with Gasteiger partial charge in [-0.25, -0.2) is 0 Å². The van der Waals surface area contributed by atoms with Crippen molar-refractivity contribution in [2.75, 3.05) is 4.90 Å². The summed E-state index contributed by atoms with van der Waals surface area (Å²) in [7, 11) is 0. The Morgan fingerprint density at radius 1 is 0.242 bits per heavy atom. The molecular weight excluding hydrogens is 749 g/mol. The molecule has 0 bridgehead atoms. The maximum absolute atomic E-state index is 2.41. The summed E-state index contributed by atoms with van der Waals surface area (Å²) in [4.78, 5) is 2.34. The van der Waals surface area contributed by atoms with Gasteiger partial charge in [-0.2, -0.15) is 0 Å². The zero-order chi connectivity index (χ0) is 41.2. The smallest absolute Gasteiger partial charge is 0.0541 e. The standard InChI is InChI=1S/C60H42N2/c1-3-14-43(15-4-1)46-30-36-52(37-31-46)61(53-38-32-47(33-39-53)44-16-5-2-6-17-44)54-40-34-48(35-41-54)45-26-28-49(29-27-45)50-18-13-19-51(42-50)55-20-7-10-23-58(55)62-59-24-11-8-21-56(59)57-22-9-12-25-60(57)62/h1-42H. The molecule has 10 aromatic carbocycles. The zero-order valence-electron chi connectivity index (χ0n) is 34.1. The second-order valence-electron chi connectivity index (χ2n) is 15.8. The molecule has 1 aromatic heterocycles. The summed E-state index contributed by atoms with van der Waals surface area (Å²) in [5, 5.41) is 2.53. The Bertz CT molecular complexity index is 3160. The number of hydrogen-bond donors (Lipinski definition) is 0. The topological polar surface area (TPSA) is 8.17 Å². The summed E-state index contributed by atoms with van der Waals surface area (Å²) in [6, 6.07) is 91.9. The fourth-order valence-electron chi connectivity index (χ4n) is 8.93. The predicted octanol–water partition coefficient (Wildman–Crippen LogP) is 16.6. The van der Waals surface area contributed by atoms with Gasteiger partial charge in [0.05, 0.1) is 16.7 Å². The van der Waals surface area contributed by atoms with Crippen LogP contribution in [0.4, 0.5) is 17.1 Å². The van der Waals surface area contributed by atoms with Crippen LogP contribution in [0.2, 0.25) is 0 Å². The van der Waals surface area contributed by atoms with Crippen LogP contribution >= 0.6 is 0 Å². The van der Waals surface area contributed by atoms with Crippen LogP contribution in [0.5, 0.6) is 0 Å². The van der Waals surface area contributed by atoms with Crippen molar-refractivity contribution in [1.29, 1.82) is 0 Å². The van der Waals surface area contributed by atoms with Gasteiger partial charge in [0, 0.05) is 33.4 Å². The van der Waals surface area contributed by atoms with Gasteiger partial charge in [-0.3, -0.25) is 0 Å². The molecule has 2 nitrogen and oxygen atoms in total. The average molecular weight is 791 g/mol. The second kappa shape index (κ2) is 16.1. The molecule has 11 rings (SSSR count). The maximum atomic E-state index is 2.41. The minimum atomic E-state index is 1.10. The van der Waals surface area contributed by atoms with E-state index in [-0.39, 0.29) is 0 Å². The van der Waals surface area contributed by atoms with Gasteiger partial charge in [0.25, 0.3) is 0 Å². The molecule has 0 unspecified atom stereocenters. The molecular formula is C60H42N2. The van der Waals surface area contributed by atoms with Crippen molar-refractivity contribution in [2.45, 2.75) is 0 Å². The molecule has 0 saturated heterocycles. The Morgan fingerprint density at radius 2 is 0.581 bits per heavy atom. The SMILES string of the molecule is c1ccc(-c2ccc(N(c3ccc(-c4ccccc4)cc3)c3ccc(-c4ccc(-c5cccc(-c6ccccc6-n6c7ccccc7c7ccccc76)c5)cc4)cc3)cc2)cc1. The number of hydrogen-bond acceptors (Lipinski definition) is 1. The Hall–Kier alpha value is -8.20. The fraction of sp³-hybridized carbons (Fsp3) is 0. The molecule has 0 amide bonds. The summed E-state index contributed by atoms with van der Waals surface area (Å²) >= 11 is 0. The van der Waals surface area contributed by atoms with Crippen molar-refractivity contribution >= 4 is 38.9 Å². The minimum Gasteiger partial charge on any atom is -0.311 e. The van der Waals surface area contributed by atoms with E-state index in [1.54, 1.807) is 0 Å². The van der Waals surface area contributed by atoms with E-state index < -0.39 is 0 Å². The average Bonchev–Trinajstić information content (AvgIpc) is 3.70. The second-order valence-corrected chi connectivity index (χ2v) is 15.8. The van der Waals surface area contributed by atoms with Crippen molar-refractivity contribution in [3.63, 3.8) is 0 Å². The van der Waals surface area contributed by atoms with Gasteiger partial charge in [0.1, 0.15) is 0 Å². The highest BCUT2D eigenvalue weighted by Gasteiger charge is 2.17. The summed E-state index contributed by atoms with van der Waals surface area (Å²) in [5.41, 5.74) is 18.8. The van der Waals surface area contributed by atoms with Gasteiger partial charge in [-0.15, -0.1) is 0 Å². The van der Waals surface area contributed by atoms with Crippen molar-refractivity contribution in [3.8, 4) is 61.3 Å². The number of para-hydroxylation sites is 3. The first-order valence-corrected chi connectivity index (χ1v) is 21.3. The summed E-state index contributed by atoms with van der Waals surface area (Å²) < 4.78 is 2.41. The van der Waals surface area contributed by atoms with E-state index in [1.807, 2.05) is 0 Å². The Morgan fingerprint density at radius 3 is 1.06 bits per heavy atom. The Labute approximate surface area is 362 Å². The van der Waals surface area contributed by atoms with Crippen LogP contribution in [-0.4, -0.2) is 4.57 Å². The molecule has 2 heteroatoms. The summed E-state index contributed by atoms with van der Waals surface area (Å²) in [5.74, 6) is 0. The van der Waals surface area contributed by atoms with Gasteiger partial charge < -0.3 is 9.47 Å². The molecule has 0 aliphatic rings. The zero-order valence-corrected chi connectivity index (χ0v) is 34.1. The van der Waals surface area contributed by atoms with Crippen LogP contribution in [0.1, 0.15) is 0 Å². The molecule has 0 atom stereocenters. The lowest BCUT2D eigenvalue weighted by Gasteiger charge is -2.26. The van der Waals surface area contributed by atoms with E-state index in [2.05, 4.69) is 264 Å². The predicted molar refractivity (Wildman–Crippen MR) is 263 cm³/mol. The van der Waals surface area contributed by atoms with Gasteiger partial charge in [-0.05, 0) is 111 Å². The first kappa shape index (κ1) is 36.8. The highest BCUT2D eigenvalue weighted by atomic mass is 15.1. The minimum absolute atomic E-state index is 1.10. The Balaban J connectivity index is 0.891. The van der Waals surface area contributed by atoms with Crippen molar-refractivity contribution < 1.29 is 0 Å². The van der Waals surface area contributed by atoms with Crippen molar-refractivity contribution in [3.05, 3.63) is 255 Å². The van der Waals surface area contributed by atoms with E-state index in [0.717, 1.165) is 17.1 Å². The third kappa shape index (κ3) is 6.94. The number of fused-ring (bicyclic) bond motifs is 3. The van der Waals surface area contributed by atoms with Crippen LogP contribution in [0.15, 0.2) is 255 Å². The highest BCUT2D eigenvalue weighted by Crippen LogP contribution is 2.40. The molecule has 0 radical (unpaired) electrons. The third-order valence-electron chi connectivity index (χ3n) is 12.0. The summed E-state index contributed by atoms with van der Waals surface area (Å²) in [6.07, 6.45) is 0. The van der Waals surface area contributed by atoms with Crippen LogP contribution in [0, 0.1) is 0 Å². The lowest BCUT2D eigenvalue weighted by molar-refractivity contribution is 1.18. The highest BCUT2D eigenvalue weighted by molar-refractivity contribution is 6.09. The van der Waals surface area contributed by atoms with Gasteiger partial charge in [0.15, 0.2) is 0 Å². The molecule has 0 N–H and O–H groups in total. The van der Waals surface area contributed by atoms with Gasteiger partial charge in [0.2, 0.25) is 0 Å². The largest absolute Gasteiger partial charge is 0.311 e. The van der Waals surface area contributed by atoms with Crippen LogP contribution in [-0.2, 0) is 0 Å². The van der Waals surface area contributed by atoms with Crippen LogP contribution in [0.3, 0.4) is 0 Å². The number of benzene rings is 10. The van der Waals surface area contributed by atoms with Crippen LogP contribution < -0.4 is 4.90 Å². The molecule has 62 heavy (non-hydrogen) atoms. The lowest BCUT2D eigenvalue weighted by atomic mass is 9.96. The number of rotatable bonds is 9. The molecule has 0 fully saturated rings. The van der Waals surface area contributed by atoms with Gasteiger partial charge in [-0.1, -0.05) is 194 Å². The molecule has 1 heterocycles.